The van der Waals surface area contributed by atoms with Crippen LogP contribution >= 0.6 is 0 Å². The maximum absolute atomic E-state index is 12.8. The second-order valence-electron chi connectivity index (χ2n) is 6.32. The smallest absolute Gasteiger partial charge is 0.241 e. The van der Waals surface area contributed by atoms with Gasteiger partial charge in [-0.15, -0.1) is 0 Å². The van der Waals surface area contributed by atoms with Crippen molar-refractivity contribution >= 4 is 21.6 Å². The molecule has 1 amide bonds. The van der Waals surface area contributed by atoms with Crippen LogP contribution in [0.4, 0.5) is 5.69 Å². The van der Waals surface area contributed by atoms with Crippen molar-refractivity contribution < 1.29 is 17.9 Å². The minimum Gasteiger partial charge on any atom is -0.497 e. The van der Waals surface area contributed by atoms with Gasteiger partial charge >= 0.3 is 0 Å². The first-order valence-corrected chi connectivity index (χ1v) is 9.75. The van der Waals surface area contributed by atoms with E-state index in [4.69, 9.17) is 4.74 Å². The van der Waals surface area contributed by atoms with E-state index in [1.165, 1.54) is 19.1 Å². The van der Waals surface area contributed by atoms with Gasteiger partial charge in [0.2, 0.25) is 15.9 Å². The highest BCUT2D eigenvalue weighted by Crippen LogP contribution is 2.26. The van der Waals surface area contributed by atoms with Gasteiger partial charge in [-0.1, -0.05) is 26.0 Å². The molecule has 1 atom stereocenters. The van der Waals surface area contributed by atoms with Crippen LogP contribution in [0.3, 0.4) is 0 Å². The molecular weight excluding hydrogens is 352 g/mol. The molecule has 6 nitrogen and oxygen atoms in total. The third-order valence-electron chi connectivity index (χ3n) is 3.91. The predicted octanol–water partition coefficient (Wildman–Crippen LogP) is 3.33. The van der Waals surface area contributed by atoms with E-state index in [-0.39, 0.29) is 22.8 Å². The van der Waals surface area contributed by atoms with E-state index in [9.17, 15) is 13.2 Å². The van der Waals surface area contributed by atoms with E-state index < -0.39 is 10.0 Å². The molecule has 0 fully saturated rings. The zero-order chi connectivity index (χ0) is 19.3. The van der Waals surface area contributed by atoms with E-state index in [0.717, 1.165) is 5.56 Å². The lowest BCUT2D eigenvalue weighted by Gasteiger charge is -2.23. The second-order valence-corrected chi connectivity index (χ2v) is 8.04. The number of carbonyl (C=O) groups is 1. The Kier molecular flexibility index (Phi) is 6.39. The molecule has 2 rings (SSSR count). The van der Waals surface area contributed by atoms with Crippen LogP contribution in [0.2, 0.25) is 0 Å². The Balaban J connectivity index is 2.24. The summed E-state index contributed by atoms with van der Waals surface area (Å²) in [4.78, 5) is 11.2. The van der Waals surface area contributed by atoms with Crippen LogP contribution in [0.15, 0.2) is 53.4 Å². The quantitative estimate of drug-likeness (QED) is 0.776. The third kappa shape index (κ3) is 5.06. The van der Waals surface area contributed by atoms with Crippen molar-refractivity contribution in [3.63, 3.8) is 0 Å². The van der Waals surface area contributed by atoms with Gasteiger partial charge in [-0.05, 0) is 47.9 Å². The fraction of sp³-hybridized carbons (Fsp3) is 0.316. The molecule has 0 unspecified atom stereocenters. The van der Waals surface area contributed by atoms with Crippen molar-refractivity contribution in [1.82, 2.24) is 4.72 Å². The minimum absolute atomic E-state index is 0.0526. The van der Waals surface area contributed by atoms with E-state index in [1.807, 2.05) is 26.0 Å². The topological polar surface area (TPSA) is 84.5 Å². The van der Waals surface area contributed by atoms with Gasteiger partial charge in [0.05, 0.1) is 12.0 Å². The van der Waals surface area contributed by atoms with Crippen LogP contribution in [0.5, 0.6) is 5.75 Å². The van der Waals surface area contributed by atoms with Gasteiger partial charge in [-0.25, -0.2) is 13.1 Å². The van der Waals surface area contributed by atoms with Crippen molar-refractivity contribution in [3.05, 3.63) is 54.1 Å². The lowest BCUT2D eigenvalue weighted by atomic mass is 9.97. The molecule has 0 bridgehead atoms. The molecule has 0 radical (unpaired) electrons. The van der Waals surface area contributed by atoms with Crippen LogP contribution in [0.25, 0.3) is 0 Å². The summed E-state index contributed by atoms with van der Waals surface area (Å²) in [5.74, 6) is 0.558. The van der Waals surface area contributed by atoms with Crippen LogP contribution in [0.1, 0.15) is 32.4 Å². The Morgan fingerprint density at radius 2 is 1.58 bits per heavy atom. The average Bonchev–Trinajstić information content (AvgIpc) is 2.59. The number of amides is 1. The fourth-order valence-electron chi connectivity index (χ4n) is 2.56. The second kappa shape index (κ2) is 8.33. The summed E-state index contributed by atoms with van der Waals surface area (Å²) in [7, 11) is -2.12. The van der Waals surface area contributed by atoms with Gasteiger partial charge < -0.3 is 10.1 Å². The lowest BCUT2D eigenvalue weighted by molar-refractivity contribution is -0.114. The van der Waals surface area contributed by atoms with Crippen molar-refractivity contribution in [3.8, 4) is 5.75 Å². The molecule has 0 aromatic heterocycles. The van der Waals surface area contributed by atoms with Crippen molar-refractivity contribution in [2.45, 2.75) is 31.7 Å². The third-order valence-corrected chi connectivity index (χ3v) is 5.37. The van der Waals surface area contributed by atoms with Crippen LogP contribution < -0.4 is 14.8 Å². The summed E-state index contributed by atoms with van der Waals surface area (Å²) >= 11 is 0. The lowest BCUT2D eigenvalue weighted by Crippen LogP contribution is -2.31. The summed E-state index contributed by atoms with van der Waals surface area (Å²) in [5.41, 5.74) is 1.41. The number of hydrogen-bond donors (Lipinski definition) is 2. The van der Waals surface area contributed by atoms with Crippen molar-refractivity contribution in [1.29, 1.82) is 0 Å². The number of nitrogens with one attached hydrogen (secondary N) is 2. The van der Waals surface area contributed by atoms with Gasteiger partial charge in [-0.2, -0.15) is 0 Å². The Hall–Kier alpha value is -2.38. The highest BCUT2D eigenvalue weighted by Gasteiger charge is 2.24. The number of hydrogen-bond acceptors (Lipinski definition) is 4. The number of methoxy groups -OCH3 is 1. The predicted molar refractivity (Wildman–Crippen MR) is 102 cm³/mol. The molecule has 0 aliphatic heterocycles. The van der Waals surface area contributed by atoms with Crippen LogP contribution in [-0.2, 0) is 14.8 Å². The zero-order valence-corrected chi connectivity index (χ0v) is 16.1. The van der Waals surface area contributed by atoms with Crippen molar-refractivity contribution in [2.24, 2.45) is 5.92 Å². The van der Waals surface area contributed by atoms with Crippen LogP contribution in [-0.4, -0.2) is 21.4 Å². The Morgan fingerprint density at radius 1 is 1.00 bits per heavy atom. The SMILES string of the molecule is COc1ccc([C@H](NS(=O)(=O)c2ccc(NC(C)=O)cc2)C(C)C)cc1. The first-order valence-electron chi connectivity index (χ1n) is 8.27. The molecular formula is C19H24N2O4S. The number of sulfonamides is 1. The molecule has 0 aliphatic rings. The molecule has 0 saturated carbocycles. The van der Waals surface area contributed by atoms with Gasteiger partial charge in [0, 0.05) is 18.7 Å². The van der Waals surface area contributed by atoms with Crippen LogP contribution in [0, 0.1) is 5.92 Å². The molecule has 2 aromatic carbocycles. The molecule has 26 heavy (non-hydrogen) atoms. The normalized spacial score (nSPS) is 12.7. The maximum Gasteiger partial charge on any atom is 0.241 e. The molecule has 0 heterocycles. The molecule has 7 heteroatoms. The van der Waals surface area contributed by atoms with Gasteiger partial charge in [0.1, 0.15) is 5.75 Å². The Labute approximate surface area is 154 Å². The fourth-order valence-corrected chi connectivity index (χ4v) is 3.93. The number of ether oxygens (including phenoxy) is 1. The summed E-state index contributed by atoms with van der Waals surface area (Å²) in [6, 6.07) is 13.0. The molecule has 0 aliphatic carbocycles. The van der Waals surface area contributed by atoms with Gasteiger partial charge in [0.25, 0.3) is 0 Å². The van der Waals surface area contributed by atoms with E-state index in [2.05, 4.69) is 10.0 Å². The number of rotatable bonds is 7. The molecule has 0 saturated heterocycles. The monoisotopic (exact) mass is 376 g/mol. The summed E-state index contributed by atoms with van der Waals surface area (Å²) in [5, 5.41) is 2.61. The first kappa shape index (κ1) is 19.9. The minimum atomic E-state index is -3.71. The number of benzene rings is 2. The van der Waals surface area contributed by atoms with Gasteiger partial charge in [-0.3, -0.25) is 4.79 Å². The van der Waals surface area contributed by atoms with E-state index in [0.29, 0.717) is 11.4 Å². The number of carbonyl (C=O) groups excluding carboxylic acids is 1. The standard InChI is InChI=1S/C19H24N2O4S/c1-13(2)19(15-5-9-17(25-4)10-6-15)21-26(23,24)18-11-7-16(8-12-18)20-14(3)22/h5-13,19,21H,1-4H3,(H,20,22)/t19-/m1/s1. The largest absolute Gasteiger partial charge is 0.497 e. The molecule has 2 aromatic rings. The number of anilines is 1. The molecule has 140 valence electrons. The Bertz CT molecular complexity index is 844. The summed E-state index contributed by atoms with van der Waals surface area (Å²) < 4.78 is 33.4. The molecule has 0 spiro atoms. The van der Waals surface area contributed by atoms with Crippen molar-refractivity contribution in [2.75, 3.05) is 12.4 Å². The molecule has 2 N–H and O–H groups in total. The highest BCUT2D eigenvalue weighted by atomic mass is 32.2. The van der Waals surface area contributed by atoms with E-state index in [1.54, 1.807) is 31.4 Å². The van der Waals surface area contributed by atoms with E-state index >= 15 is 0 Å². The van der Waals surface area contributed by atoms with Gasteiger partial charge in [0.15, 0.2) is 0 Å². The summed E-state index contributed by atoms with van der Waals surface area (Å²) in [6.07, 6.45) is 0. The maximum atomic E-state index is 12.8. The Morgan fingerprint density at radius 3 is 2.04 bits per heavy atom. The average molecular weight is 376 g/mol. The zero-order valence-electron chi connectivity index (χ0n) is 15.3. The summed E-state index contributed by atoms with van der Waals surface area (Å²) in [6.45, 7) is 5.31. The first-order chi connectivity index (χ1) is 12.2. The highest BCUT2D eigenvalue weighted by molar-refractivity contribution is 7.89.